The lowest BCUT2D eigenvalue weighted by molar-refractivity contribution is -0.924. The van der Waals surface area contributed by atoms with Crippen LogP contribution in [0.15, 0.2) is 65.6 Å². The minimum atomic E-state index is -4.72. The maximum Gasteiger partial charge on any atom is 0.573 e. The third-order valence-corrected chi connectivity index (χ3v) is 6.34. The fourth-order valence-electron chi connectivity index (χ4n) is 5.22. The number of nitrogens with zero attached hydrogens (tertiary/aromatic N) is 2. The van der Waals surface area contributed by atoms with Crippen molar-refractivity contribution in [3.63, 3.8) is 0 Å². The Hall–Kier alpha value is -3.13. The van der Waals surface area contributed by atoms with Crippen molar-refractivity contribution in [2.45, 2.75) is 31.8 Å². The average Bonchev–Trinajstić information content (AvgIpc) is 2.75. The minimum absolute atomic E-state index is 0.0244. The van der Waals surface area contributed by atoms with Gasteiger partial charge in [0, 0.05) is 41.9 Å². The Bertz CT molecular complexity index is 1160. The van der Waals surface area contributed by atoms with E-state index in [-0.39, 0.29) is 17.2 Å². The minimum Gasteiger partial charge on any atom is -0.406 e. The fraction of sp³-hybridized carbons (Fsp3) is 0.333. The van der Waals surface area contributed by atoms with Crippen LogP contribution in [0.1, 0.15) is 23.7 Å². The Labute approximate surface area is 183 Å². The van der Waals surface area contributed by atoms with Crippen molar-refractivity contribution in [3.05, 3.63) is 82.5 Å². The molecular formula is C24H23F3N3O2+. The van der Waals surface area contributed by atoms with Crippen LogP contribution in [-0.2, 0) is 13.1 Å². The number of fused-ring (bicyclic) bond motifs is 4. The zero-order valence-corrected chi connectivity index (χ0v) is 17.3. The topological polar surface area (TPSA) is 48.6 Å². The van der Waals surface area contributed by atoms with Crippen molar-refractivity contribution in [3.8, 4) is 16.9 Å². The highest BCUT2D eigenvalue weighted by Gasteiger charge is 2.39. The zero-order valence-electron chi connectivity index (χ0n) is 17.3. The van der Waals surface area contributed by atoms with E-state index in [1.54, 1.807) is 30.5 Å². The van der Waals surface area contributed by atoms with Gasteiger partial charge in [0.05, 0.1) is 18.8 Å². The third-order valence-electron chi connectivity index (χ3n) is 6.34. The SMILES string of the molecule is O=c1ccc(-c2ccc(OC(F)(F)F)cc2)c2n1C[C@H]1C[C@@H]2C[NH+](Cc2ccccn2)C1. The molecule has 1 N–H and O–H groups in total. The van der Waals surface area contributed by atoms with Crippen LogP contribution in [0.5, 0.6) is 5.75 Å². The van der Waals surface area contributed by atoms with Gasteiger partial charge in [-0.1, -0.05) is 18.2 Å². The summed E-state index contributed by atoms with van der Waals surface area (Å²) in [5, 5.41) is 0. The average molecular weight is 442 g/mol. The molecule has 0 aliphatic carbocycles. The molecule has 0 saturated carbocycles. The Balaban J connectivity index is 1.46. The summed E-state index contributed by atoms with van der Waals surface area (Å²) in [6.07, 6.45) is -1.91. The number of likely N-dealkylation sites (tertiary alicyclic amines) is 1. The molecule has 3 aromatic rings. The van der Waals surface area contributed by atoms with Gasteiger partial charge in [0.1, 0.15) is 12.3 Å². The van der Waals surface area contributed by atoms with Gasteiger partial charge in [-0.25, -0.2) is 0 Å². The van der Waals surface area contributed by atoms with Crippen LogP contribution in [0.4, 0.5) is 13.2 Å². The molecule has 32 heavy (non-hydrogen) atoms. The first-order chi connectivity index (χ1) is 15.4. The van der Waals surface area contributed by atoms with Crippen LogP contribution in [0.3, 0.4) is 0 Å². The summed E-state index contributed by atoms with van der Waals surface area (Å²) in [5.74, 6) is 0.360. The number of pyridine rings is 2. The van der Waals surface area contributed by atoms with Crippen LogP contribution in [-0.4, -0.2) is 29.0 Å². The summed E-state index contributed by atoms with van der Waals surface area (Å²) < 4.78 is 43.4. The van der Waals surface area contributed by atoms with Crippen molar-refractivity contribution >= 4 is 0 Å². The third kappa shape index (κ3) is 4.27. The lowest BCUT2D eigenvalue weighted by Gasteiger charge is -2.41. The Morgan fingerprint density at radius 1 is 1.06 bits per heavy atom. The van der Waals surface area contributed by atoms with E-state index in [0.717, 1.165) is 48.6 Å². The lowest BCUT2D eigenvalue weighted by atomic mass is 9.80. The maximum absolute atomic E-state index is 12.7. The van der Waals surface area contributed by atoms with Crippen LogP contribution in [0.25, 0.3) is 11.1 Å². The number of quaternary nitrogens is 1. The molecule has 0 amide bonds. The number of hydrogen-bond donors (Lipinski definition) is 1. The van der Waals surface area contributed by atoms with E-state index in [4.69, 9.17) is 0 Å². The van der Waals surface area contributed by atoms with Crippen LogP contribution in [0, 0.1) is 5.92 Å². The molecule has 5 rings (SSSR count). The lowest BCUT2D eigenvalue weighted by Crippen LogP contribution is -3.13. The van der Waals surface area contributed by atoms with E-state index in [9.17, 15) is 18.0 Å². The quantitative estimate of drug-likeness (QED) is 0.676. The van der Waals surface area contributed by atoms with Gasteiger partial charge >= 0.3 is 6.36 Å². The second kappa shape index (κ2) is 8.09. The molecular weight excluding hydrogens is 419 g/mol. The van der Waals surface area contributed by atoms with Crippen molar-refractivity contribution in [2.24, 2.45) is 5.92 Å². The summed E-state index contributed by atoms with van der Waals surface area (Å²) in [6.45, 7) is 3.38. The van der Waals surface area contributed by atoms with Crippen LogP contribution >= 0.6 is 0 Å². The molecule has 0 spiro atoms. The second-order valence-corrected chi connectivity index (χ2v) is 8.61. The molecule has 8 heteroatoms. The van der Waals surface area contributed by atoms with Crippen molar-refractivity contribution in [2.75, 3.05) is 13.1 Å². The number of benzene rings is 1. The number of hydrogen-bond acceptors (Lipinski definition) is 3. The van der Waals surface area contributed by atoms with Gasteiger partial charge in [-0.3, -0.25) is 9.78 Å². The molecule has 5 nitrogen and oxygen atoms in total. The molecule has 2 aliphatic rings. The van der Waals surface area contributed by atoms with Gasteiger partial charge in [-0.2, -0.15) is 0 Å². The summed E-state index contributed by atoms with van der Waals surface area (Å²) >= 11 is 0. The first-order valence-electron chi connectivity index (χ1n) is 10.7. The highest BCUT2D eigenvalue weighted by atomic mass is 19.4. The number of aromatic nitrogens is 2. The van der Waals surface area contributed by atoms with E-state index in [1.807, 2.05) is 22.8 Å². The molecule has 1 saturated heterocycles. The molecule has 4 heterocycles. The van der Waals surface area contributed by atoms with Crippen molar-refractivity contribution in [1.82, 2.24) is 9.55 Å². The number of halogens is 3. The number of ether oxygens (including phenoxy) is 1. The fourth-order valence-corrected chi connectivity index (χ4v) is 5.22. The number of nitrogens with one attached hydrogen (secondary N) is 1. The summed E-state index contributed by atoms with van der Waals surface area (Å²) in [7, 11) is 0. The Kier molecular flexibility index (Phi) is 5.25. The predicted molar refractivity (Wildman–Crippen MR) is 112 cm³/mol. The molecule has 2 aromatic heterocycles. The van der Waals surface area contributed by atoms with Gasteiger partial charge in [0.2, 0.25) is 0 Å². The van der Waals surface area contributed by atoms with Gasteiger partial charge < -0.3 is 14.2 Å². The number of alkyl halides is 3. The monoisotopic (exact) mass is 442 g/mol. The standard InChI is InChI=1S/C24H22F3N3O2/c25-24(26,27)32-20-6-4-17(5-7-20)21-8-9-22(31)30-13-16-11-18(23(21)30)14-29(12-16)15-19-3-1-2-10-28-19/h1-10,16,18H,11-15H2/p+1/t16-,18+/m0/s1. The summed E-state index contributed by atoms with van der Waals surface area (Å²) in [5.41, 5.74) is 3.68. The number of rotatable bonds is 4. The van der Waals surface area contributed by atoms with E-state index in [0.29, 0.717) is 12.5 Å². The van der Waals surface area contributed by atoms with E-state index < -0.39 is 6.36 Å². The largest absolute Gasteiger partial charge is 0.573 e. The molecule has 1 aromatic carbocycles. The Morgan fingerprint density at radius 2 is 1.88 bits per heavy atom. The number of piperidine rings is 1. The Morgan fingerprint density at radius 3 is 2.59 bits per heavy atom. The van der Waals surface area contributed by atoms with E-state index >= 15 is 0 Å². The highest BCUT2D eigenvalue weighted by Crippen LogP contribution is 2.37. The van der Waals surface area contributed by atoms with Gasteiger partial charge in [0.25, 0.3) is 5.56 Å². The first kappa shape index (κ1) is 20.8. The second-order valence-electron chi connectivity index (χ2n) is 8.61. The first-order valence-corrected chi connectivity index (χ1v) is 10.7. The van der Waals surface area contributed by atoms with E-state index in [2.05, 4.69) is 9.72 Å². The molecule has 166 valence electrons. The van der Waals surface area contributed by atoms with Gasteiger partial charge in [-0.15, -0.1) is 13.2 Å². The normalized spacial score (nSPS) is 22.3. The van der Waals surface area contributed by atoms with Crippen molar-refractivity contribution in [1.29, 1.82) is 0 Å². The smallest absolute Gasteiger partial charge is 0.406 e. The molecule has 1 fully saturated rings. The predicted octanol–water partition coefficient (Wildman–Crippen LogP) is 3.01. The van der Waals surface area contributed by atoms with Crippen LogP contribution < -0.4 is 15.2 Å². The maximum atomic E-state index is 12.7. The molecule has 0 radical (unpaired) electrons. The molecule has 1 unspecified atom stereocenters. The van der Waals surface area contributed by atoms with Gasteiger partial charge in [0.15, 0.2) is 0 Å². The molecule has 3 atom stereocenters. The molecule has 2 bridgehead atoms. The van der Waals surface area contributed by atoms with Crippen molar-refractivity contribution < 1.29 is 22.8 Å². The summed E-state index contributed by atoms with van der Waals surface area (Å²) in [4.78, 5) is 18.6. The van der Waals surface area contributed by atoms with Crippen LogP contribution in [0.2, 0.25) is 0 Å². The highest BCUT2D eigenvalue weighted by molar-refractivity contribution is 5.67. The van der Waals surface area contributed by atoms with Gasteiger partial charge in [-0.05, 0) is 42.3 Å². The zero-order chi connectivity index (χ0) is 22.3. The van der Waals surface area contributed by atoms with E-state index in [1.165, 1.54) is 17.0 Å². The summed E-state index contributed by atoms with van der Waals surface area (Å²) in [6, 6.07) is 15.2. The molecule has 2 aliphatic heterocycles.